The van der Waals surface area contributed by atoms with E-state index in [1.807, 2.05) is 30.5 Å². The van der Waals surface area contributed by atoms with Gasteiger partial charge in [0.1, 0.15) is 29.5 Å². The van der Waals surface area contributed by atoms with E-state index in [9.17, 15) is 5.26 Å². The van der Waals surface area contributed by atoms with Gasteiger partial charge in [-0.05, 0) is 31.3 Å². The lowest BCUT2D eigenvalue weighted by Crippen LogP contribution is -2.44. The van der Waals surface area contributed by atoms with Gasteiger partial charge >= 0.3 is 0 Å². The third-order valence-corrected chi connectivity index (χ3v) is 6.66. The van der Waals surface area contributed by atoms with Crippen LogP contribution in [0, 0.1) is 11.3 Å². The van der Waals surface area contributed by atoms with E-state index in [1.165, 1.54) is 0 Å². The van der Waals surface area contributed by atoms with Crippen LogP contribution in [-0.2, 0) is 4.74 Å². The van der Waals surface area contributed by atoms with Gasteiger partial charge in [0.25, 0.3) is 0 Å². The number of halogens is 1. The molecule has 0 unspecified atom stereocenters. The van der Waals surface area contributed by atoms with Crippen molar-refractivity contribution >= 4 is 29.9 Å². The highest BCUT2D eigenvalue weighted by Gasteiger charge is 2.20. The number of pyridine rings is 1. The number of methoxy groups -OCH3 is 1. The zero-order valence-electron chi connectivity index (χ0n) is 21.6. The Balaban J connectivity index is 0.00000336. The monoisotopic (exact) mass is 537 g/mol. The molecule has 3 aromatic rings. The number of hydrogen-bond acceptors (Lipinski definition) is 10. The van der Waals surface area contributed by atoms with E-state index in [0.717, 1.165) is 56.0 Å². The Hall–Kier alpha value is -3.65. The second-order valence-electron chi connectivity index (χ2n) is 9.17. The SMILES string of the molecule is COc1cc(Nc2nccc(-c3ccc(OC4CCOCC4)c(C#N)c3)n2)ncc1N1CCN(C)CC1.Cl. The number of piperazine rings is 1. The van der Waals surface area contributed by atoms with Crippen LogP contribution >= 0.6 is 12.4 Å². The number of aromatic nitrogens is 3. The van der Waals surface area contributed by atoms with Crippen LogP contribution < -0.4 is 19.7 Å². The van der Waals surface area contributed by atoms with Crippen molar-refractivity contribution in [1.82, 2.24) is 19.9 Å². The third-order valence-electron chi connectivity index (χ3n) is 6.66. The van der Waals surface area contributed by atoms with Gasteiger partial charge in [-0.15, -0.1) is 12.4 Å². The molecule has 11 heteroatoms. The maximum Gasteiger partial charge on any atom is 0.228 e. The first-order chi connectivity index (χ1) is 18.1. The molecule has 0 saturated carbocycles. The van der Waals surface area contributed by atoms with Crippen LogP contribution in [0.5, 0.6) is 11.5 Å². The number of anilines is 3. The maximum atomic E-state index is 9.72. The first-order valence-corrected chi connectivity index (χ1v) is 12.5. The first kappa shape index (κ1) is 27.4. The Morgan fingerprint density at radius 3 is 2.58 bits per heavy atom. The van der Waals surface area contributed by atoms with Gasteiger partial charge in [0.2, 0.25) is 5.95 Å². The molecule has 1 aromatic carbocycles. The summed E-state index contributed by atoms with van der Waals surface area (Å²) in [7, 11) is 3.79. The molecule has 4 heterocycles. The Kier molecular flexibility index (Phi) is 9.18. The molecule has 200 valence electrons. The number of nitrogens with zero attached hydrogens (tertiary/aromatic N) is 6. The van der Waals surface area contributed by atoms with Crippen molar-refractivity contribution in [3.63, 3.8) is 0 Å². The molecule has 1 N–H and O–H groups in total. The van der Waals surface area contributed by atoms with Gasteiger partial charge in [0.15, 0.2) is 0 Å². The van der Waals surface area contributed by atoms with Crippen molar-refractivity contribution in [3.05, 3.63) is 48.3 Å². The Labute approximate surface area is 229 Å². The molecule has 2 saturated heterocycles. The number of nitrogens with one attached hydrogen (secondary N) is 1. The normalized spacial score (nSPS) is 16.3. The molecule has 0 atom stereocenters. The number of benzene rings is 1. The van der Waals surface area contributed by atoms with E-state index < -0.39 is 0 Å². The van der Waals surface area contributed by atoms with Gasteiger partial charge in [-0.1, -0.05) is 0 Å². The van der Waals surface area contributed by atoms with Crippen molar-refractivity contribution in [2.24, 2.45) is 0 Å². The summed E-state index contributed by atoms with van der Waals surface area (Å²) in [6, 6.07) is 11.5. The molecule has 38 heavy (non-hydrogen) atoms. The van der Waals surface area contributed by atoms with Gasteiger partial charge in [0, 0.05) is 56.8 Å². The van der Waals surface area contributed by atoms with Gasteiger partial charge in [0.05, 0.1) is 43.5 Å². The second kappa shape index (κ2) is 12.7. The topological polar surface area (TPSA) is 109 Å². The quantitative estimate of drug-likeness (QED) is 0.476. The molecule has 2 aromatic heterocycles. The van der Waals surface area contributed by atoms with E-state index >= 15 is 0 Å². The van der Waals surface area contributed by atoms with Crippen molar-refractivity contribution in [1.29, 1.82) is 5.26 Å². The van der Waals surface area contributed by atoms with E-state index in [4.69, 9.17) is 14.2 Å². The lowest BCUT2D eigenvalue weighted by molar-refractivity contribution is 0.0254. The standard InChI is InChI=1S/C27H31N7O3.ClH/c1-33-9-11-34(12-10-33)23-18-30-26(16-25(23)35-2)32-27-29-8-5-22(31-27)19-3-4-24(20(15-19)17-28)37-21-6-13-36-14-7-21;/h3-5,8,15-16,18,21H,6-7,9-14H2,1-2H3,(H,29,30,31,32);1H. The number of ether oxygens (including phenoxy) is 3. The van der Waals surface area contributed by atoms with Crippen molar-refractivity contribution in [3.8, 4) is 28.8 Å². The Bertz CT molecular complexity index is 1270. The van der Waals surface area contributed by atoms with Crippen LogP contribution in [0.1, 0.15) is 18.4 Å². The predicted molar refractivity (Wildman–Crippen MR) is 148 cm³/mol. The molecule has 2 aliphatic heterocycles. The highest BCUT2D eigenvalue weighted by Crippen LogP contribution is 2.32. The maximum absolute atomic E-state index is 9.72. The van der Waals surface area contributed by atoms with E-state index in [2.05, 4.69) is 43.2 Å². The van der Waals surface area contributed by atoms with E-state index in [-0.39, 0.29) is 18.5 Å². The molecule has 0 spiro atoms. The number of rotatable bonds is 7. The summed E-state index contributed by atoms with van der Waals surface area (Å²) in [5, 5.41) is 12.9. The Morgan fingerprint density at radius 2 is 1.84 bits per heavy atom. The summed E-state index contributed by atoms with van der Waals surface area (Å²) in [5.41, 5.74) is 2.94. The van der Waals surface area contributed by atoms with Crippen molar-refractivity contribution in [2.45, 2.75) is 18.9 Å². The molecule has 0 bridgehead atoms. The van der Waals surface area contributed by atoms with Crippen LogP contribution in [0.2, 0.25) is 0 Å². The summed E-state index contributed by atoms with van der Waals surface area (Å²) in [5.74, 6) is 2.32. The van der Waals surface area contributed by atoms with Gasteiger partial charge in [-0.25, -0.2) is 15.0 Å². The molecule has 10 nitrogen and oxygen atoms in total. The fourth-order valence-electron chi connectivity index (χ4n) is 4.49. The van der Waals surface area contributed by atoms with Crippen LogP contribution in [0.25, 0.3) is 11.3 Å². The molecule has 5 rings (SSSR count). The molecular formula is C27H32ClN7O3. The molecular weight excluding hydrogens is 506 g/mol. The average molecular weight is 538 g/mol. The minimum atomic E-state index is 0. The Morgan fingerprint density at radius 1 is 1.05 bits per heavy atom. The van der Waals surface area contributed by atoms with Crippen molar-refractivity contribution < 1.29 is 14.2 Å². The van der Waals surface area contributed by atoms with Gasteiger partial charge < -0.3 is 29.3 Å². The minimum absolute atomic E-state index is 0. The van der Waals surface area contributed by atoms with Crippen LogP contribution in [0.4, 0.5) is 17.5 Å². The smallest absolute Gasteiger partial charge is 0.228 e. The molecule has 0 aliphatic carbocycles. The fraction of sp³-hybridized carbons (Fsp3) is 0.407. The largest absolute Gasteiger partial charge is 0.494 e. The average Bonchev–Trinajstić information content (AvgIpc) is 2.94. The highest BCUT2D eigenvalue weighted by molar-refractivity contribution is 5.85. The van der Waals surface area contributed by atoms with Gasteiger partial charge in [-0.2, -0.15) is 5.26 Å². The zero-order chi connectivity index (χ0) is 25.6. The van der Waals surface area contributed by atoms with Crippen LogP contribution in [0.3, 0.4) is 0 Å². The molecule has 0 amide bonds. The fourth-order valence-corrected chi connectivity index (χ4v) is 4.49. The number of nitriles is 1. The summed E-state index contributed by atoms with van der Waals surface area (Å²) in [6.07, 6.45) is 5.21. The summed E-state index contributed by atoms with van der Waals surface area (Å²) < 4.78 is 17.1. The van der Waals surface area contributed by atoms with Crippen LogP contribution in [-0.4, -0.2) is 79.5 Å². The first-order valence-electron chi connectivity index (χ1n) is 12.5. The minimum Gasteiger partial charge on any atom is -0.494 e. The predicted octanol–water partition coefficient (Wildman–Crippen LogP) is 3.89. The van der Waals surface area contributed by atoms with Crippen molar-refractivity contribution in [2.75, 3.05) is 63.8 Å². The molecule has 2 fully saturated rings. The third kappa shape index (κ3) is 6.42. The summed E-state index contributed by atoms with van der Waals surface area (Å²) in [6.45, 7) is 5.22. The molecule has 2 aliphatic rings. The lowest BCUT2D eigenvalue weighted by Gasteiger charge is -2.34. The van der Waals surface area contributed by atoms with E-state index in [0.29, 0.717) is 42.0 Å². The number of hydrogen-bond donors (Lipinski definition) is 1. The summed E-state index contributed by atoms with van der Waals surface area (Å²) in [4.78, 5) is 18.2. The zero-order valence-corrected chi connectivity index (χ0v) is 22.4. The lowest BCUT2D eigenvalue weighted by atomic mass is 10.1. The van der Waals surface area contributed by atoms with E-state index in [1.54, 1.807) is 19.4 Å². The second-order valence-corrected chi connectivity index (χ2v) is 9.17. The van der Waals surface area contributed by atoms with Crippen LogP contribution in [0.15, 0.2) is 42.7 Å². The highest BCUT2D eigenvalue weighted by atomic mass is 35.5. The van der Waals surface area contributed by atoms with Gasteiger partial charge in [-0.3, -0.25) is 0 Å². The number of likely N-dealkylation sites (N-methyl/N-ethyl adjacent to an activating group) is 1. The summed E-state index contributed by atoms with van der Waals surface area (Å²) >= 11 is 0. The molecule has 0 radical (unpaired) electrons.